The molecule has 4 rings (SSSR count). The van der Waals surface area contributed by atoms with E-state index in [0.29, 0.717) is 11.6 Å². The molecule has 0 saturated heterocycles. The van der Waals surface area contributed by atoms with Gasteiger partial charge in [0.1, 0.15) is 5.69 Å². The molecular formula is C21H26N4O. The first-order chi connectivity index (χ1) is 12.8. The Labute approximate surface area is 154 Å². The Morgan fingerprint density at radius 3 is 2.62 bits per heavy atom. The fourth-order valence-corrected chi connectivity index (χ4v) is 3.98. The summed E-state index contributed by atoms with van der Waals surface area (Å²) in [6, 6.07) is 10.5. The van der Waals surface area contributed by atoms with Crippen LogP contribution in [0.3, 0.4) is 0 Å². The van der Waals surface area contributed by atoms with Gasteiger partial charge in [-0.1, -0.05) is 49.9 Å². The molecule has 0 radical (unpaired) electrons. The molecule has 2 aromatic rings. The van der Waals surface area contributed by atoms with Crippen molar-refractivity contribution < 1.29 is 4.79 Å². The van der Waals surface area contributed by atoms with Crippen molar-refractivity contribution in [2.75, 3.05) is 11.4 Å². The number of fused-ring (bicyclic) bond motifs is 1. The fourth-order valence-electron chi connectivity index (χ4n) is 3.98. The van der Waals surface area contributed by atoms with E-state index in [1.165, 1.54) is 36.8 Å². The monoisotopic (exact) mass is 350 g/mol. The Hall–Kier alpha value is -2.43. The number of rotatable bonds is 3. The summed E-state index contributed by atoms with van der Waals surface area (Å²) in [5.41, 5.74) is 3.18. The van der Waals surface area contributed by atoms with Crippen molar-refractivity contribution in [2.24, 2.45) is 0 Å². The van der Waals surface area contributed by atoms with Gasteiger partial charge in [-0.2, -0.15) is 0 Å². The lowest BCUT2D eigenvalue weighted by Gasteiger charge is -2.28. The third-order valence-electron chi connectivity index (χ3n) is 5.48. The van der Waals surface area contributed by atoms with Crippen LogP contribution in [0.5, 0.6) is 0 Å². The maximum absolute atomic E-state index is 12.6. The summed E-state index contributed by atoms with van der Waals surface area (Å²) in [6.45, 7) is 1.68. The molecule has 5 heteroatoms. The Bertz CT molecular complexity index is 768. The van der Waals surface area contributed by atoms with Gasteiger partial charge in [-0.3, -0.25) is 4.79 Å². The summed E-state index contributed by atoms with van der Waals surface area (Å²) < 4.78 is 0. The number of hydrogen-bond acceptors (Lipinski definition) is 4. The number of nitrogens with zero attached hydrogens (tertiary/aromatic N) is 3. The maximum atomic E-state index is 12.6. The number of hydrogen-bond donors (Lipinski definition) is 1. The second-order valence-corrected chi connectivity index (χ2v) is 7.34. The van der Waals surface area contributed by atoms with Crippen LogP contribution in [0, 0.1) is 0 Å². The van der Waals surface area contributed by atoms with Gasteiger partial charge >= 0.3 is 0 Å². The lowest BCUT2D eigenvalue weighted by molar-refractivity contribution is 0.0928. The molecule has 136 valence electrons. The van der Waals surface area contributed by atoms with Crippen molar-refractivity contribution in [3.63, 3.8) is 0 Å². The molecule has 1 amide bonds. The quantitative estimate of drug-likeness (QED) is 0.861. The number of nitrogens with one attached hydrogen (secondary N) is 1. The largest absolute Gasteiger partial charge is 0.348 e. The molecule has 0 bridgehead atoms. The van der Waals surface area contributed by atoms with Crippen LogP contribution in [-0.4, -0.2) is 28.5 Å². The van der Waals surface area contributed by atoms with Crippen molar-refractivity contribution in [2.45, 2.75) is 57.5 Å². The van der Waals surface area contributed by atoms with Gasteiger partial charge in [0.25, 0.3) is 5.91 Å². The van der Waals surface area contributed by atoms with E-state index < -0.39 is 0 Å². The second kappa shape index (κ2) is 7.85. The van der Waals surface area contributed by atoms with E-state index in [-0.39, 0.29) is 11.9 Å². The van der Waals surface area contributed by atoms with Gasteiger partial charge in [0.2, 0.25) is 5.95 Å². The summed E-state index contributed by atoms with van der Waals surface area (Å²) in [6.07, 6.45) is 9.79. The summed E-state index contributed by atoms with van der Waals surface area (Å²) in [7, 11) is 0. The molecule has 26 heavy (non-hydrogen) atoms. The number of aromatic nitrogens is 2. The Morgan fingerprint density at radius 2 is 1.81 bits per heavy atom. The fraction of sp³-hybridized carbons (Fsp3) is 0.476. The van der Waals surface area contributed by atoms with Crippen LogP contribution in [0.1, 0.15) is 60.1 Å². The van der Waals surface area contributed by atoms with Gasteiger partial charge in [0.15, 0.2) is 0 Å². The molecular weight excluding hydrogens is 324 g/mol. The Balaban J connectivity index is 1.45. The molecule has 1 aromatic carbocycles. The van der Waals surface area contributed by atoms with Gasteiger partial charge < -0.3 is 10.2 Å². The first-order valence-electron chi connectivity index (χ1n) is 9.75. The minimum absolute atomic E-state index is 0.0713. The van der Waals surface area contributed by atoms with Crippen LogP contribution in [0.4, 0.5) is 5.95 Å². The molecule has 1 aliphatic carbocycles. The van der Waals surface area contributed by atoms with E-state index in [9.17, 15) is 4.79 Å². The van der Waals surface area contributed by atoms with E-state index in [0.717, 1.165) is 32.4 Å². The molecule has 1 aromatic heterocycles. The minimum Gasteiger partial charge on any atom is -0.348 e. The third-order valence-corrected chi connectivity index (χ3v) is 5.48. The molecule has 2 aliphatic rings. The number of benzene rings is 1. The van der Waals surface area contributed by atoms with E-state index >= 15 is 0 Å². The average Bonchev–Trinajstić information content (AvgIpc) is 2.96. The minimum atomic E-state index is -0.0713. The topological polar surface area (TPSA) is 58.1 Å². The van der Waals surface area contributed by atoms with Crippen molar-refractivity contribution in [1.29, 1.82) is 0 Å². The number of carbonyl (C=O) groups is 1. The Morgan fingerprint density at radius 1 is 1.04 bits per heavy atom. The molecule has 1 saturated carbocycles. The SMILES string of the molecule is O=C(NC1CCCCCC1)c1ccnc(N2CCc3ccccc3C2)n1. The predicted molar refractivity (Wildman–Crippen MR) is 102 cm³/mol. The molecule has 2 heterocycles. The highest BCUT2D eigenvalue weighted by Gasteiger charge is 2.21. The zero-order valence-electron chi connectivity index (χ0n) is 15.2. The van der Waals surface area contributed by atoms with E-state index in [1.807, 2.05) is 0 Å². The van der Waals surface area contributed by atoms with Crippen LogP contribution in [0.15, 0.2) is 36.5 Å². The molecule has 1 aliphatic heterocycles. The summed E-state index contributed by atoms with van der Waals surface area (Å²) in [5, 5.41) is 3.17. The first-order valence-corrected chi connectivity index (χ1v) is 9.75. The van der Waals surface area contributed by atoms with Crippen LogP contribution < -0.4 is 10.2 Å². The van der Waals surface area contributed by atoms with Crippen LogP contribution in [0.25, 0.3) is 0 Å². The van der Waals surface area contributed by atoms with Crippen molar-refractivity contribution in [1.82, 2.24) is 15.3 Å². The van der Waals surface area contributed by atoms with Crippen molar-refractivity contribution in [3.05, 3.63) is 53.3 Å². The number of anilines is 1. The first kappa shape index (κ1) is 17.0. The maximum Gasteiger partial charge on any atom is 0.270 e. The van der Waals surface area contributed by atoms with E-state index in [2.05, 4.69) is 44.5 Å². The zero-order valence-corrected chi connectivity index (χ0v) is 15.2. The molecule has 0 atom stereocenters. The standard InChI is InChI=1S/C21H26N4O/c26-20(23-18-9-3-1-2-4-10-18)19-11-13-22-21(24-19)25-14-12-16-7-5-6-8-17(16)15-25/h5-8,11,13,18H,1-4,9-10,12,14-15H2,(H,23,26). The van der Waals surface area contributed by atoms with Crippen LogP contribution in [0.2, 0.25) is 0 Å². The molecule has 5 nitrogen and oxygen atoms in total. The smallest absolute Gasteiger partial charge is 0.270 e. The van der Waals surface area contributed by atoms with Crippen molar-refractivity contribution in [3.8, 4) is 0 Å². The van der Waals surface area contributed by atoms with Gasteiger partial charge in [-0.05, 0) is 36.5 Å². The number of carbonyl (C=O) groups excluding carboxylic acids is 1. The van der Waals surface area contributed by atoms with Gasteiger partial charge in [0, 0.05) is 25.3 Å². The summed E-state index contributed by atoms with van der Waals surface area (Å²) in [5.74, 6) is 0.575. The lowest BCUT2D eigenvalue weighted by atomic mass is 10.0. The highest BCUT2D eigenvalue weighted by molar-refractivity contribution is 5.92. The van der Waals surface area contributed by atoms with Gasteiger partial charge in [0.05, 0.1) is 0 Å². The highest BCUT2D eigenvalue weighted by Crippen LogP contribution is 2.22. The average molecular weight is 350 g/mol. The normalized spacial score (nSPS) is 18.1. The van der Waals surface area contributed by atoms with Gasteiger partial charge in [-0.15, -0.1) is 0 Å². The highest BCUT2D eigenvalue weighted by atomic mass is 16.1. The Kier molecular flexibility index (Phi) is 5.14. The number of amides is 1. The van der Waals surface area contributed by atoms with E-state index in [1.54, 1.807) is 12.3 Å². The predicted octanol–water partition coefficient (Wildman–Crippen LogP) is 3.49. The van der Waals surface area contributed by atoms with Crippen molar-refractivity contribution >= 4 is 11.9 Å². The molecule has 1 N–H and O–H groups in total. The second-order valence-electron chi connectivity index (χ2n) is 7.34. The lowest BCUT2D eigenvalue weighted by Crippen LogP contribution is -2.36. The molecule has 1 fully saturated rings. The third kappa shape index (κ3) is 3.87. The van der Waals surface area contributed by atoms with Crippen LogP contribution in [-0.2, 0) is 13.0 Å². The van der Waals surface area contributed by atoms with Gasteiger partial charge in [-0.25, -0.2) is 9.97 Å². The summed E-state index contributed by atoms with van der Waals surface area (Å²) in [4.78, 5) is 23.8. The molecule has 0 unspecified atom stereocenters. The molecule has 0 spiro atoms. The zero-order chi connectivity index (χ0) is 17.8. The van der Waals surface area contributed by atoms with Crippen LogP contribution >= 0.6 is 0 Å². The summed E-state index contributed by atoms with van der Waals surface area (Å²) >= 11 is 0. The van der Waals surface area contributed by atoms with E-state index in [4.69, 9.17) is 0 Å².